The molecule has 22 heavy (non-hydrogen) atoms. The van der Waals surface area contributed by atoms with Crippen LogP contribution in [0.5, 0.6) is 5.75 Å². The highest BCUT2D eigenvalue weighted by Gasteiger charge is 2.07. The van der Waals surface area contributed by atoms with Crippen molar-refractivity contribution >= 4 is 33.8 Å². The molecule has 0 bridgehead atoms. The van der Waals surface area contributed by atoms with Gasteiger partial charge in [0.05, 0.1) is 18.7 Å². The molecule has 2 aromatic heterocycles. The Morgan fingerprint density at radius 2 is 2.18 bits per heavy atom. The molecule has 0 spiro atoms. The van der Waals surface area contributed by atoms with Crippen LogP contribution in [0.1, 0.15) is 5.69 Å². The Kier molecular flexibility index (Phi) is 4.60. The van der Waals surface area contributed by atoms with Gasteiger partial charge in [0, 0.05) is 22.8 Å². The first-order valence-electron chi connectivity index (χ1n) is 6.77. The number of carbonyl (C=O) groups excluding carboxylic acids is 1. The third-order valence-electron chi connectivity index (χ3n) is 2.99. The van der Waals surface area contributed by atoms with Crippen LogP contribution in [-0.4, -0.2) is 28.4 Å². The summed E-state index contributed by atoms with van der Waals surface area (Å²) in [4.78, 5) is 17.1. The van der Waals surface area contributed by atoms with Crippen LogP contribution in [0.3, 0.4) is 0 Å². The van der Waals surface area contributed by atoms with Crippen molar-refractivity contribution in [2.75, 3.05) is 13.2 Å². The summed E-state index contributed by atoms with van der Waals surface area (Å²) in [6, 6.07) is 7.11. The predicted octanol–water partition coefficient (Wildman–Crippen LogP) is 2.79. The zero-order valence-electron chi connectivity index (χ0n) is 11.7. The van der Waals surface area contributed by atoms with E-state index in [4.69, 9.17) is 16.3 Å². The molecule has 0 aliphatic carbocycles. The maximum atomic E-state index is 11.8. The zero-order chi connectivity index (χ0) is 15.4. The minimum atomic E-state index is -0.0644. The first-order chi connectivity index (χ1) is 10.7. The number of nitrogens with zero attached hydrogens (tertiary/aromatic N) is 2. The van der Waals surface area contributed by atoms with Gasteiger partial charge in [-0.2, -0.15) is 0 Å². The number of benzene rings is 1. The molecule has 3 rings (SSSR count). The number of carbonyl (C=O) groups is 1. The summed E-state index contributed by atoms with van der Waals surface area (Å²) in [7, 11) is 0. The number of imidazole rings is 1. The van der Waals surface area contributed by atoms with E-state index in [2.05, 4.69) is 10.3 Å². The summed E-state index contributed by atoms with van der Waals surface area (Å²) in [6.07, 6.45) is 4.07. The topological polar surface area (TPSA) is 55.6 Å². The Morgan fingerprint density at radius 3 is 2.95 bits per heavy atom. The van der Waals surface area contributed by atoms with Crippen molar-refractivity contribution in [3.05, 3.63) is 52.8 Å². The summed E-state index contributed by atoms with van der Waals surface area (Å²) in [6.45, 7) is 0.856. The molecule has 5 nitrogen and oxygen atoms in total. The average molecular weight is 336 g/mol. The number of rotatable bonds is 6. The standard InChI is InChI=1S/C15H14ClN3O2S/c16-11-1-3-13(4-2-11)21-7-5-17-14(20)9-12-10-19-6-8-22-15(19)18-12/h1-4,6,8,10H,5,7,9H2,(H,17,20). The first-order valence-corrected chi connectivity index (χ1v) is 8.02. The number of hydrogen-bond acceptors (Lipinski definition) is 4. The van der Waals surface area contributed by atoms with Gasteiger partial charge in [0.1, 0.15) is 12.4 Å². The second-order valence-corrected chi connectivity index (χ2v) is 5.96. The molecule has 0 radical (unpaired) electrons. The number of amides is 1. The Labute approximate surface area is 136 Å². The lowest BCUT2D eigenvalue weighted by Crippen LogP contribution is -2.29. The van der Waals surface area contributed by atoms with Crippen LogP contribution in [-0.2, 0) is 11.2 Å². The molecular weight excluding hydrogens is 322 g/mol. The van der Waals surface area contributed by atoms with E-state index in [0.29, 0.717) is 18.2 Å². The van der Waals surface area contributed by atoms with Crippen LogP contribution in [0.4, 0.5) is 0 Å². The molecule has 3 aromatic rings. The fourth-order valence-corrected chi connectivity index (χ4v) is 2.82. The van der Waals surface area contributed by atoms with E-state index in [9.17, 15) is 4.79 Å². The molecule has 1 aromatic carbocycles. The molecule has 0 saturated carbocycles. The van der Waals surface area contributed by atoms with Gasteiger partial charge in [-0.15, -0.1) is 11.3 Å². The number of nitrogens with one attached hydrogen (secondary N) is 1. The Bertz CT molecular complexity index is 738. The maximum Gasteiger partial charge on any atom is 0.226 e. The molecule has 1 amide bonds. The SMILES string of the molecule is O=C(Cc1cn2ccsc2n1)NCCOc1ccc(Cl)cc1. The number of ether oxygens (including phenoxy) is 1. The van der Waals surface area contributed by atoms with Crippen molar-refractivity contribution in [1.82, 2.24) is 14.7 Å². The van der Waals surface area contributed by atoms with Crippen molar-refractivity contribution < 1.29 is 9.53 Å². The lowest BCUT2D eigenvalue weighted by molar-refractivity contribution is -0.120. The van der Waals surface area contributed by atoms with Crippen molar-refractivity contribution in [2.24, 2.45) is 0 Å². The van der Waals surface area contributed by atoms with E-state index in [1.165, 1.54) is 0 Å². The lowest BCUT2D eigenvalue weighted by Gasteiger charge is -2.07. The van der Waals surface area contributed by atoms with E-state index >= 15 is 0 Å². The van der Waals surface area contributed by atoms with Gasteiger partial charge in [-0.1, -0.05) is 11.6 Å². The molecule has 114 valence electrons. The smallest absolute Gasteiger partial charge is 0.226 e. The molecule has 0 unspecified atom stereocenters. The van der Waals surface area contributed by atoms with Crippen molar-refractivity contribution in [1.29, 1.82) is 0 Å². The fraction of sp³-hybridized carbons (Fsp3) is 0.200. The number of halogens is 1. The third-order valence-corrected chi connectivity index (χ3v) is 4.01. The molecule has 1 N–H and O–H groups in total. The molecular formula is C15H14ClN3O2S. The highest BCUT2D eigenvalue weighted by atomic mass is 35.5. The minimum absolute atomic E-state index is 0.0644. The molecule has 0 aliphatic rings. The summed E-state index contributed by atoms with van der Waals surface area (Å²) in [5.41, 5.74) is 0.767. The summed E-state index contributed by atoms with van der Waals surface area (Å²) in [5, 5.41) is 5.44. The number of thiazole rings is 1. The molecule has 0 saturated heterocycles. The van der Waals surface area contributed by atoms with E-state index in [1.807, 2.05) is 22.2 Å². The van der Waals surface area contributed by atoms with Crippen LogP contribution in [0, 0.1) is 0 Å². The van der Waals surface area contributed by atoms with Gasteiger partial charge in [-0.05, 0) is 24.3 Å². The van der Waals surface area contributed by atoms with Crippen molar-refractivity contribution in [3.63, 3.8) is 0 Å². The van der Waals surface area contributed by atoms with Gasteiger partial charge >= 0.3 is 0 Å². The molecule has 2 heterocycles. The van der Waals surface area contributed by atoms with Crippen LogP contribution in [0.15, 0.2) is 42.0 Å². The largest absolute Gasteiger partial charge is 0.492 e. The Morgan fingerprint density at radius 1 is 1.36 bits per heavy atom. The lowest BCUT2D eigenvalue weighted by atomic mass is 10.3. The number of aromatic nitrogens is 2. The van der Waals surface area contributed by atoms with Crippen LogP contribution in [0.2, 0.25) is 5.02 Å². The van der Waals surface area contributed by atoms with Gasteiger partial charge in [0.15, 0.2) is 4.96 Å². The van der Waals surface area contributed by atoms with E-state index in [-0.39, 0.29) is 12.3 Å². The van der Waals surface area contributed by atoms with Gasteiger partial charge < -0.3 is 10.1 Å². The predicted molar refractivity (Wildman–Crippen MR) is 86.7 cm³/mol. The van der Waals surface area contributed by atoms with Gasteiger partial charge in [0.2, 0.25) is 5.91 Å². The summed E-state index contributed by atoms with van der Waals surface area (Å²) in [5.74, 6) is 0.665. The van der Waals surface area contributed by atoms with Crippen molar-refractivity contribution in [2.45, 2.75) is 6.42 Å². The van der Waals surface area contributed by atoms with E-state index in [0.717, 1.165) is 16.4 Å². The maximum absolute atomic E-state index is 11.8. The Hall–Kier alpha value is -2.05. The summed E-state index contributed by atoms with van der Waals surface area (Å²) >= 11 is 7.34. The highest BCUT2D eigenvalue weighted by Crippen LogP contribution is 2.15. The van der Waals surface area contributed by atoms with E-state index < -0.39 is 0 Å². The third kappa shape index (κ3) is 3.78. The normalized spacial score (nSPS) is 10.8. The van der Waals surface area contributed by atoms with Crippen LogP contribution >= 0.6 is 22.9 Å². The van der Waals surface area contributed by atoms with Crippen molar-refractivity contribution in [3.8, 4) is 5.75 Å². The molecule has 0 atom stereocenters. The number of fused-ring (bicyclic) bond motifs is 1. The highest BCUT2D eigenvalue weighted by molar-refractivity contribution is 7.15. The zero-order valence-corrected chi connectivity index (χ0v) is 13.2. The molecule has 0 fully saturated rings. The summed E-state index contributed by atoms with van der Waals surface area (Å²) < 4.78 is 7.42. The van der Waals surface area contributed by atoms with Gasteiger partial charge in [-0.3, -0.25) is 9.20 Å². The van der Waals surface area contributed by atoms with Gasteiger partial charge in [0.25, 0.3) is 0 Å². The van der Waals surface area contributed by atoms with E-state index in [1.54, 1.807) is 35.6 Å². The monoisotopic (exact) mass is 335 g/mol. The average Bonchev–Trinajstić information content (AvgIpc) is 3.06. The van der Waals surface area contributed by atoms with Gasteiger partial charge in [-0.25, -0.2) is 4.98 Å². The first kappa shape index (κ1) is 14.9. The van der Waals surface area contributed by atoms with Crippen LogP contribution < -0.4 is 10.1 Å². The fourth-order valence-electron chi connectivity index (χ4n) is 1.98. The Balaban J connectivity index is 1.40. The quantitative estimate of drug-likeness (QED) is 0.705. The van der Waals surface area contributed by atoms with Crippen LogP contribution in [0.25, 0.3) is 4.96 Å². The number of hydrogen-bond donors (Lipinski definition) is 1. The second-order valence-electron chi connectivity index (χ2n) is 4.65. The minimum Gasteiger partial charge on any atom is -0.492 e. The molecule has 0 aliphatic heterocycles. The molecule has 7 heteroatoms. The second kappa shape index (κ2) is 6.81.